The highest BCUT2D eigenvalue weighted by atomic mass is 16.1. The summed E-state index contributed by atoms with van der Waals surface area (Å²) >= 11 is 0. The average molecular weight is 229 g/mol. The number of fused-ring (bicyclic) bond motifs is 1. The lowest BCUT2D eigenvalue weighted by molar-refractivity contribution is 0.579. The molecule has 0 aromatic carbocycles. The Morgan fingerprint density at radius 3 is 2.88 bits per heavy atom. The van der Waals surface area contributed by atoms with E-state index in [1.165, 1.54) is 19.3 Å². The smallest absolute Gasteiger partial charge is 0.250 e. The molecule has 0 bridgehead atoms. The van der Waals surface area contributed by atoms with E-state index in [2.05, 4.69) is 14.9 Å². The number of anilines is 1. The van der Waals surface area contributed by atoms with E-state index in [-0.39, 0.29) is 5.56 Å². The van der Waals surface area contributed by atoms with E-state index in [0.29, 0.717) is 0 Å². The summed E-state index contributed by atoms with van der Waals surface area (Å²) in [5, 5.41) is 1.08. The molecule has 4 heteroatoms. The molecule has 17 heavy (non-hydrogen) atoms. The van der Waals surface area contributed by atoms with Gasteiger partial charge in [-0.3, -0.25) is 9.78 Å². The van der Waals surface area contributed by atoms with E-state index in [9.17, 15) is 4.79 Å². The molecule has 1 aliphatic heterocycles. The fraction of sp³-hybridized carbons (Fsp3) is 0.385. The predicted molar refractivity (Wildman–Crippen MR) is 68.4 cm³/mol. The lowest BCUT2D eigenvalue weighted by Gasteiger charge is -2.29. The third-order valence-corrected chi connectivity index (χ3v) is 3.32. The molecule has 0 spiro atoms. The topological polar surface area (TPSA) is 49.0 Å². The Hall–Kier alpha value is -1.84. The van der Waals surface area contributed by atoms with Gasteiger partial charge < -0.3 is 9.88 Å². The number of nitrogens with zero attached hydrogens (tertiary/aromatic N) is 2. The van der Waals surface area contributed by atoms with Crippen LogP contribution < -0.4 is 10.5 Å². The van der Waals surface area contributed by atoms with E-state index in [4.69, 9.17) is 0 Å². The molecular formula is C13H15N3O. The average Bonchev–Trinajstić information content (AvgIpc) is 2.39. The summed E-state index contributed by atoms with van der Waals surface area (Å²) in [7, 11) is 0. The van der Waals surface area contributed by atoms with Gasteiger partial charge in [0, 0.05) is 30.7 Å². The maximum absolute atomic E-state index is 11.6. The van der Waals surface area contributed by atoms with Gasteiger partial charge in [0.1, 0.15) is 0 Å². The zero-order valence-corrected chi connectivity index (χ0v) is 9.65. The molecule has 0 amide bonds. The SMILES string of the molecule is O=c1cc(N2CCCCC2)c2ccncc2[nH]1. The Morgan fingerprint density at radius 1 is 1.24 bits per heavy atom. The fourth-order valence-electron chi connectivity index (χ4n) is 2.48. The first-order chi connectivity index (χ1) is 8.34. The summed E-state index contributed by atoms with van der Waals surface area (Å²) in [5.74, 6) is 0. The first-order valence-electron chi connectivity index (χ1n) is 6.06. The maximum Gasteiger partial charge on any atom is 0.250 e. The largest absolute Gasteiger partial charge is 0.371 e. The number of nitrogens with one attached hydrogen (secondary N) is 1. The van der Waals surface area contributed by atoms with Gasteiger partial charge in [-0.15, -0.1) is 0 Å². The van der Waals surface area contributed by atoms with Crippen molar-refractivity contribution in [2.75, 3.05) is 18.0 Å². The van der Waals surface area contributed by atoms with Gasteiger partial charge in [-0.05, 0) is 25.3 Å². The highest BCUT2D eigenvalue weighted by Crippen LogP contribution is 2.25. The van der Waals surface area contributed by atoms with E-state index >= 15 is 0 Å². The van der Waals surface area contributed by atoms with Crippen LogP contribution in [0.15, 0.2) is 29.3 Å². The summed E-state index contributed by atoms with van der Waals surface area (Å²) in [5.41, 5.74) is 1.82. The van der Waals surface area contributed by atoms with Crippen LogP contribution in [-0.4, -0.2) is 23.1 Å². The molecular weight excluding hydrogens is 214 g/mol. The van der Waals surface area contributed by atoms with Crippen molar-refractivity contribution in [3.8, 4) is 0 Å². The van der Waals surface area contributed by atoms with Crippen LogP contribution >= 0.6 is 0 Å². The quantitative estimate of drug-likeness (QED) is 0.812. The van der Waals surface area contributed by atoms with Crippen LogP contribution in [-0.2, 0) is 0 Å². The molecule has 3 heterocycles. The Kier molecular flexibility index (Phi) is 2.55. The molecule has 1 fully saturated rings. The van der Waals surface area contributed by atoms with Crippen LogP contribution in [0.3, 0.4) is 0 Å². The van der Waals surface area contributed by atoms with Crippen LogP contribution in [0, 0.1) is 0 Å². The summed E-state index contributed by atoms with van der Waals surface area (Å²) in [6.07, 6.45) is 7.19. The zero-order chi connectivity index (χ0) is 11.7. The van der Waals surface area contributed by atoms with Gasteiger partial charge >= 0.3 is 0 Å². The Balaban J connectivity index is 2.16. The van der Waals surface area contributed by atoms with Crippen LogP contribution in [0.2, 0.25) is 0 Å². The highest BCUT2D eigenvalue weighted by molar-refractivity contribution is 5.90. The van der Waals surface area contributed by atoms with Gasteiger partial charge in [0.15, 0.2) is 0 Å². The first kappa shape index (κ1) is 10.3. The second-order valence-electron chi connectivity index (χ2n) is 4.49. The van der Waals surface area contributed by atoms with Crippen molar-refractivity contribution in [3.63, 3.8) is 0 Å². The second-order valence-corrected chi connectivity index (χ2v) is 4.49. The summed E-state index contributed by atoms with van der Waals surface area (Å²) in [6.45, 7) is 2.09. The lowest BCUT2D eigenvalue weighted by atomic mass is 10.1. The zero-order valence-electron chi connectivity index (χ0n) is 9.65. The van der Waals surface area contributed by atoms with Crippen molar-refractivity contribution in [3.05, 3.63) is 34.9 Å². The van der Waals surface area contributed by atoms with Gasteiger partial charge in [-0.1, -0.05) is 0 Å². The van der Waals surface area contributed by atoms with E-state index < -0.39 is 0 Å². The molecule has 2 aromatic rings. The van der Waals surface area contributed by atoms with Crippen LogP contribution in [0.25, 0.3) is 10.9 Å². The summed E-state index contributed by atoms with van der Waals surface area (Å²) in [6, 6.07) is 3.67. The van der Waals surface area contributed by atoms with Gasteiger partial charge in [0.2, 0.25) is 0 Å². The molecule has 88 valence electrons. The van der Waals surface area contributed by atoms with Crippen molar-refractivity contribution in [1.82, 2.24) is 9.97 Å². The third-order valence-electron chi connectivity index (χ3n) is 3.32. The van der Waals surface area contributed by atoms with E-state index in [1.54, 1.807) is 18.5 Å². The van der Waals surface area contributed by atoms with Gasteiger partial charge in [-0.2, -0.15) is 0 Å². The van der Waals surface area contributed by atoms with E-state index in [0.717, 1.165) is 29.7 Å². The number of pyridine rings is 2. The number of aromatic nitrogens is 2. The van der Waals surface area contributed by atoms with Gasteiger partial charge in [0.25, 0.3) is 5.56 Å². The predicted octanol–water partition coefficient (Wildman–Crippen LogP) is 1.91. The van der Waals surface area contributed by atoms with Crippen LogP contribution in [0.5, 0.6) is 0 Å². The minimum absolute atomic E-state index is 0.0499. The minimum atomic E-state index is -0.0499. The number of piperidine rings is 1. The third kappa shape index (κ3) is 1.90. The molecule has 0 atom stereocenters. The molecule has 1 aliphatic rings. The summed E-state index contributed by atoms with van der Waals surface area (Å²) in [4.78, 5) is 20.8. The number of H-pyrrole nitrogens is 1. The molecule has 2 aromatic heterocycles. The molecule has 4 nitrogen and oxygen atoms in total. The minimum Gasteiger partial charge on any atom is -0.371 e. The number of hydrogen-bond donors (Lipinski definition) is 1. The Morgan fingerprint density at radius 2 is 2.06 bits per heavy atom. The molecule has 0 saturated carbocycles. The lowest BCUT2D eigenvalue weighted by Crippen LogP contribution is -2.30. The number of aromatic amines is 1. The van der Waals surface area contributed by atoms with Gasteiger partial charge in [0.05, 0.1) is 17.4 Å². The normalized spacial score (nSPS) is 16.4. The van der Waals surface area contributed by atoms with Crippen molar-refractivity contribution in [2.24, 2.45) is 0 Å². The molecule has 0 radical (unpaired) electrons. The fourth-order valence-corrected chi connectivity index (χ4v) is 2.48. The second kappa shape index (κ2) is 4.20. The molecule has 0 aliphatic carbocycles. The maximum atomic E-state index is 11.6. The standard InChI is InChI=1S/C13H15N3O/c17-13-8-12(16-6-2-1-3-7-16)10-4-5-14-9-11(10)15-13/h4-5,8-9H,1-3,6-7H2,(H,15,17). The molecule has 1 saturated heterocycles. The Labute approximate surface area is 99.3 Å². The Bertz CT molecular complexity index is 584. The first-order valence-corrected chi connectivity index (χ1v) is 6.06. The number of rotatable bonds is 1. The molecule has 0 unspecified atom stereocenters. The number of hydrogen-bond acceptors (Lipinski definition) is 3. The molecule has 3 rings (SSSR count). The van der Waals surface area contributed by atoms with Crippen molar-refractivity contribution >= 4 is 16.6 Å². The highest BCUT2D eigenvalue weighted by Gasteiger charge is 2.14. The summed E-state index contributed by atoms with van der Waals surface area (Å²) < 4.78 is 0. The molecule has 1 N–H and O–H groups in total. The monoisotopic (exact) mass is 229 g/mol. The van der Waals surface area contributed by atoms with Crippen molar-refractivity contribution < 1.29 is 0 Å². The van der Waals surface area contributed by atoms with Gasteiger partial charge in [-0.25, -0.2) is 0 Å². The van der Waals surface area contributed by atoms with Crippen LogP contribution in [0.1, 0.15) is 19.3 Å². The van der Waals surface area contributed by atoms with Crippen molar-refractivity contribution in [2.45, 2.75) is 19.3 Å². The van der Waals surface area contributed by atoms with Crippen LogP contribution in [0.4, 0.5) is 5.69 Å². The van der Waals surface area contributed by atoms with E-state index in [1.807, 2.05) is 6.07 Å². The van der Waals surface area contributed by atoms with Crippen molar-refractivity contribution in [1.29, 1.82) is 0 Å².